The van der Waals surface area contributed by atoms with Crippen LogP contribution in [0, 0.1) is 0 Å². The van der Waals surface area contributed by atoms with Crippen LogP contribution in [0.5, 0.6) is 0 Å². The Kier molecular flexibility index (Phi) is 19.1. The topological polar surface area (TPSA) is 24.7 Å². The molecular formula is C36H56N2Ni. The summed E-state index contributed by atoms with van der Waals surface area (Å²) in [5.41, 5.74) is 10.3. The zero-order chi connectivity index (χ0) is 27.6. The van der Waals surface area contributed by atoms with Crippen molar-refractivity contribution in [3.05, 3.63) is 58.7 Å². The Bertz CT molecular complexity index is 953. The summed E-state index contributed by atoms with van der Waals surface area (Å²) in [5, 5.41) is 0. The molecule has 0 aliphatic rings. The van der Waals surface area contributed by atoms with Crippen LogP contribution < -0.4 is 0 Å². The Labute approximate surface area is 251 Å². The van der Waals surface area contributed by atoms with E-state index < -0.39 is 0 Å². The standard InChI is InChI=1S/C36H56N2.Ni/c1-7-13-18-29-23-30(19-14-8-2)26-33(25-29)37-35(12-6)36(22-17-11-5)38-34-27-31(20-15-9-3)24-32(28-34)21-16-10-4;/h23-28H,7-22H2,1-6H3;. The van der Waals surface area contributed by atoms with Crippen molar-refractivity contribution in [3.63, 3.8) is 0 Å². The van der Waals surface area contributed by atoms with Crippen LogP contribution in [0.3, 0.4) is 0 Å². The van der Waals surface area contributed by atoms with Gasteiger partial charge in [-0.3, -0.25) is 9.98 Å². The quantitative estimate of drug-likeness (QED) is 0.118. The van der Waals surface area contributed by atoms with Crippen LogP contribution in [0.15, 0.2) is 46.4 Å². The molecule has 0 aliphatic heterocycles. The summed E-state index contributed by atoms with van der Waals surface area (Å²) in [7, 11) is 0. The smallest absolute Gasteiger partial charge is 0.0639 e. The normalized spacial score (nSPS) is 12.1. The van der Waals surface area contributed by atoms with Crippen molar-refractivity contribution in [2.24, 2.45) is 9.98 Å². The van der Waals surface area contributed by atoms with Crippen molar-refractivity contribution in [1.29, 1.82) is 0 Å². The molecule has 2 rings (SSSR count). The Morgan fingerprint density at radius 3 is 1.10 bits per heavy atom. The molecule has 0 aliphatic carbocycles. The number of benzene rings is 2. The summed E-state index contributed by atoms with van der Waals surface area (Å²) in [6.07, 6.45) is 18.6. The molecule has 2 aromatic rings. The fourth-order valence-electron chi connectivity index (χ4n) is 4.98. The zero-order valence-electron chi connectivity index (χ0n) is 26.0. The largest absolute Gasteiger partial charge is 0.252 e. The van der Waals surface area contributed by atoms with Crippen molar-refractivity contribution < 1.29 is 16.5 Å². The maximum absolute atomic E-state index is 5.33. The summed E-state index contributed by atoms with van der Waals surface area (Å²) >= 11 is 0. The maximum Gasteiger partial charge on any atom is 0.0639 e. The van der Waals surface area contributed by atoms with Crippen LogP contribution in [0.4, 0.5) is 11.4 Å². The Balaban J connectivity index is 0.00000760. The van der Waals surface area contributed by atoms with Gasteiger partial charge in [-0.1, -0.05) is 85.8 Å². The molecule has 220 valence electrons. The minimum absolute atomic E-state index is 0. The van der Waals surface area contributed by atoms with E-state index in [1.807, 2.05) is 0 Å². The van der Waals surface area contributed by atoms with Crippen LogP contribution in [0.25, 0.3) is 0 Å². The van der Waals surface area contributed by atoms with Crippen LogP contribution in [0.2, 0.25) is 0 Å². The summed E-state index contributed by atoms with van der Waals surface area (Å²) < 4.78 is 0. The van der Waals surface area contributed by atoms with Gasteiger partial charge in [-0.2, -0.15) is 0 Å². The van der Waals surface area contributed by atoms with Crippen LogP contribution in [0.1, 0.15) is 141 Å². The minimum Gasteiger partial charge on any atom is -0.252 e. The van der Waals surface area contributed by atoms with Gasteiger partial charge in [-0.25, -0.2) is 0 Å². The minimum atomic E-state index is 0. The first-order valence-corrected chi connectivity index (χ1v) is 16.0. The first-order chi connectivity index (χ1) is 18.6. The number of aliphatic imine (C=N–C) groups is 2. The van der Waals surface area contributed by atoms with Gasteiger partial charge in [0, 0.05) is 16.5 Å². The van der Waals surface area contributed by atoms with Crippen molar-refractivity contribution in [3.8, 4) is 0 Å². The third kappa shape index (κ3) is 13.5. The summed E-state index contributed by atoms with van der Waals surface area (Å²) in [5.74, 6) is 0. The van der Waals surface area contributed by atoms with E-state index in [9.17, 15) is 0 Å². The molecule has 0 bridgehead atoms. The maximum atomic E-state index is 5.33. The second-order valence-corrected chi connectivity index (χ2v) is 11.0. The van der Waals surface area contributed by atoms with Gasteiger partial charge in [-0.15, -0.1) is 0 Å². The van der Waals surface area contributed by atoms with E-state index in [0.717, 1.165) is 62.0 Å². The van der Waals surface area contributed by atoms with Gasteiger partial charge in [0.25, 0.3) is 0 Å². The molecule has 0 amide bonds. The van der Waals surface area contributed by atoms with Gasteiger partial charge in [0.15, 0.2) is 0 Å². The molecule has 0 unspecified atom stereocenters. The molecule has 39 heavy (non-hydrogen) atoms. The van der Waals surface area contributed by atoms with E-state index >= 15 is 0 Å². The van der Waals surface area contributed by atoms with Gasteiger partial charge < -0.3 is 0 Å². The number of unbranched alkanes of at least 4 members (excludes halogenated alkanes) is 5. The van der Waals surface area contributed by atoms with Crippen molar-refractivity contribution in [1.82, 2.24) is 0 Å². The molecule has 0 fully saturated rings. The van der Waals surface area contributed by atoms with Gasteiger partial charge in [0.2, 0.25) is 0 Å². The van der Waals surface area contributed by atoms with Gasteiger partial charge in [-0.05, 0) is 117 Å². The predicted molar refractivity (Wildman–Crippen MR) is 171 cm³/mol. The average molecular weight is 576 g/mol. The SMILES string of the molecule is CCCCC(=Nc1cc(CCCC)cc(CCCC)c1)C(CC)=Nc1cc(CCCC)cc(CCCC)c1.[Ni]. The van der Waals surface area contributed by atoms with E-state index in [2.05, 4.69) is 77.9 Å². The van der Waals surface area contributed by atoms with E-state index in [4.69, 9.17) is 9.98 Å². The zero-order valence-corrected chi connectivity index (χ0v) is 27.0. The molecule has 2 aromatic carbocycles. The Hall–Kier alpha value is -1.73. The summed E-state index contributed by atoms with van der Waals surface area (Å²) in [6, 6.07) is 14.2. The van der Waals surface area contributed by atoms with Crippen molar-refractivity contribution in [2.45, 2.75) is 144 Å². The molecule has 0 heterocycles. The van der Waals surface area contributed by atoms with Gasteiger partial charge in [0.05, 0.1) is 22.8 Å². The fourth-order valence-corrected chi connectivity index (χ4v) is 4.98. The Morgan fingerprint density at radius 1 is 0.462 bits per heavy atom. The molecule has 0 saturated carbocycles. The number of rotatable bonds is 19. The molecule has 0 atom stereocenters. The van der Waals surface area contributed by atoms with Crippen LogP contribution >= 0.6 is 0 Å². The van der Waals surface area contributed by atoms with Crippen LogP contribution in [-0.2, 0) is 42.2 Å². The van der Waals surface area contributed by atoms with E-state index in [0.29, 0.717) is 0 Å². The molecule has 0 spiro atoms. The molecule has 2 nitrogen and oxygen atoms in total. The van der Waals surface area contributed by atoms with Crippen molar-refractivity contribution >= 4 is 22.8 Å². The monoisotopic (exact) mass is 574 g/mol. The van der Waals surface area contributed by atoms with E-state index in [-0.39, 0.29) is 16.5 Å². The number of hydrogen-bond donors (Lipinski definition) is 0. The summed E-state index contributed by atoms with van der Waals surface area (Å²) in [6.45, 7) is 13.6. The molecule has 0 N–H and O–H groups in total. The summed E-state index contributed by atoms with van der Waals surface area (Å²) in [4.78, 5) is 10.6. The average Bonchev–Trinajstić information content (AvgIpc) is 2.93. The molecule has 0 radical (unpaired) electrons. The predicted octanol–water partition coefficient (Wildman–Crippen LogP) is 11.5. The van der Waals surface area contributed by atoms with Gasteiger partial charge in [0.1, 0.15) is 0 Å². The molecular weight excluding hydrogens is 519 g/mol. The molecule has 3 heteroatoms. The third-order valence-corrected chi connectivity index (χ3v) is 7.31. The number of hydrogen-bond acceptors (Lipinski definition) is 2. The van der Waals surface area contributed by atoms with E-state index in [1.165, 1.54) is 85.8 Å². The molecule has 0 saturated heterocycles. The first-order valence-electron chi connectivity index (χ1n) is 16.0. The van der Waals surface area contributed by atoms with Crippen molar-refractivity contribution in [2.75, 3.05) is 0 Å². The van der Waals surface area contributed by atoms with Gasteiger partial charge >= 0.3 is 0 Å². The molecule has 0 aromatic heterocycles. The van der Waals surface area contributed by atoms with Crippen LogP contribution in [-0.4, -0.2) is 11.4 Å². The third-order valence-electron chi connectivity index (χ3n) is 7.31. The second kappa shape index (κ2) is 21.1. The fraction of sp³-hybridized carbons (Fsp3) is 0.611. The number of aryl methyl sites for hydroxylation is 4. The first kappa shape index (κ1) is 35.3. The number of nitrogens with zero attached hydrogens (tertiary/aromatic N) is 2. The van der Waals surface area contributed by atoms with E-state index in [1.54, 1.807) is 0 Å². The second-order valence-electron chi connectivity index (χ2n) is 11.0. The Morgan fingerprint density at radius 2 is 0.795 bits per heavy atom.